The molecule has 0 radical (unpaired) electrons. The van der Waals surface area contributed by atoms with Crippen LogP contribution in [0.15, 0.2) is 16.5 Å². The molecule has 0 fully saturated rings. The maximum atomic E-state index is 10.4. The van der Waals surface area contributed by atoms with Crippen LogP contribution in [0.5, 0.6) is 0 Å². The van der Waals surface area contributed by atoms with Gasteiger partial charge < -0.3 is 9.73 Å². The predicted molar refractivity (Wildman–Crippen MR) is 61.2 cm³/mol. The van der Waals surface area contributed by atoms with Crippen LogP contribution in [0.4, 0.5) is 5.88 Å². The minimum absolute atomic E-state index is 0.192. The molecule has 0 atom stereocenters. The summed E-state index contributed by atoms with van der Waals surface area (Å²) in [6, 6.07) is 3.02. The molecular formula is C11H18N2O3. The average molecular weight is 226 g/mol. The van der Waals surface area contributed by atoms with Crippen LogP contribution in [0.3, 0.4) is 0 Å². The monoisotopic (exact) mass is 226 g/mol. The van der Waals surface area contributed by atoms with Crippen molar-refractivity contribution in [3.8, 4) is 0 Å². The molecule has 1 aromatic rings. The molecule has 1 rings (SSSR count). The zero-order valence-corrected chi connectivity index (χ0v) is 9.57. The minimum atomic E-state index is -0.523. The second kappa shape index (κ2) is 7.00. The van der Waals surface area contributed by atoms with E-state index in [1.54, 1.807) is 6.07 Å². The van der Waals surface area contributed by atoms with Crippen molar-refractivity contribution in [2.24, 2.45) is 0 Å². The van der Waals surface area contributed by atoms with Crippen molar-refractivity contribution in [3.05, 3.63) is 28.0 Å². The van der Waals surface area contributed by atoms with Crippen LogP contribution in [-0.2, 0) is 6.54 Å². The Hall–Kier alpha value is -1.36. The summed E-state index contributed by atoms with van der Waals surface area (Å²) in [4.78, 5) is 9.83. The summed E-state index contributed by atoms with van der Waals surface area (Å²) < 4.78 is 5.01. The molecule has 0 aliphatic rings. The molecule has 0 aliphatic heterocycles. The fraction of sp³-hybridized carbons (Fsp3) is 0.636. The summed E-state index contributed by atoms with van der Waals surface area (Å²) in [5.74, 6) is 0.421. The molecule has 0 amide bonds. The number of nitrogens with zero attached hydrogens (tertiary/aromatic N) is 1. The lowest BCUT2D eigenvalue weighted by Crippen LogP contribution is -2.14. The molecule has 1 aromatic heterocycles. The van der Waals surface area contributed by atoms with Crippen molar-refractivity contribution in [1.82, 2.24) is 5.32 Å². The van der Waals surface area contributed by atoms with Crippen LogP contribution in [0.25, 0.3) is 0 Å². The molecule has 90 valence electrons. The lowest BCUT2D eigenvalue weighted by Gasteiger charge is -2.01. The summed E-state index contributed by atoms with van der Waals surface area (Å²) >= 11 is 0. The van der Waals surface area contributed by atoms with E-state index in [9.17, 15) is 10.1 Å². The Kier molecular flexibility index (Phi) is 5.56. The number of nitrogens with one attached hydrogen (secondary N) is 1. The standard InChI is InChI=1S/C11H18N2O3/c1-2-3-4-5-8-12-9-10-6-7-11(16-10)13(14)15/h6-7,12H,2-5,8-9H2,1H3. The van der Waals surface area contributed by atoms with E-state index in [0.717, 1.165) is 13.0 Å². The van der Waals surface area contributed by atoms with Crippen LogP contribution in [0, 0.1) is 10.1 Å². The van der Waals surface area contributed by atoms with Crippen LogP contribution in [0.1, 0.15) is 38.4 Å². The second-order valence-electron chi connectivity index (χ2n) is 3.73. The summed E-state index contributed by atoms with van der Waals surface area (Å²) in [7, 11) is 0. The first-order valence-electron chi connectivity index (χ1n) is 5.68. The maximum absolute atomic E-state index is 10.4. The van der Waals surface area contributed by atoms with Gasteiger partial charge in [-0.1, -0.05) is 26.2 Å². The van der Waals surface area contributed by atoms with Gasteiger partial charge in [-0.15, -0.1) is 0 Å². The third-order valence-corrected chi connectivity index (χ3v) is 2.33. The molecular weight excluding hydrogens is 208 g/mol. The second-order valence-corrected chi connectivity index (χ2v) is 3.73. The first kappa shape index (κ1) is 12.7. The van der Waals surface area contributed by atoms with E-state index in [-0.39, 0.29) is 5.88 Å². The van der Waals surface area contributed by atoms with Crippen molar-refractivity contribution in [3.63, 3.8) is 0 Å². The molecule has 0 spiro atoms. The average Bonchev–Trinajstić information content (AvgIpc) is 2.72. The molecule has 0 aliphatic carbocycles. The van der Waals surface area contributed by atoms with Gasteiger partial charge in [-0.25, -0.2) is 0 Å². The molecule has 0 saturated heterocycles. The molecule has 16 heavy (non-hydrogen) atoms. The van der Waals surface area contributed by atoms with E-state index in [0.29, 0.717) is 12.3 Å². The van der Waals surface area contributed by atoms with E-state index in [2.05, 4.69) is 12.2 Å². The number of nitro groups is 1. The first-order chi connectivity index (χ1) is 7.74. The Morgan fingerprint density at radius 2 is 2.19 bits per heavy atom. The van der Waals surface area contributed by atoms with E-state index >= 15 is 0 Å². The quantitative estimate of drug-likeness (QED) is 0.420. The van der Waals surface area contributed by atoms with Gasteiger partial charge in [0.25, 0.3) is 0 Å². The van der Waals surface area contributed by atoms with Crippen LogP contribution >= 0.6 is 0 Å². The third kappa shape index (κ3) is 4.44. The predicted octanol–water partition coefficient (Wildman–Crippen LogP) is 2.86. The highest BCUT2D eigenvalue weighted by molar-refractivity contribution is 5.17. The van der Waals surface area contributed by atoms with E-state index in [1.807, 2.05) is 0 Å². The molecule has 0 saturated carbocycles. The zero-order chi connectivity index (χ0) is 11.8. The summed E-state index contributed by atoms with van der Waals surface area (Å²) in [6.45, 7) is 3.66. The Bertz CT molecular complexity index is 323. The van der Waals surface area contributed by atoms with Crippen molar-refractivity contribution < 1.29 is 9.34 Å². The Morgan fingerprint density at radius 3 is 2.81 bits per heavy atom. The van der Waals surface area contributed by atoms with Crippen molar-refractivity contribution in [2.75, 3.05) is 6.54 Å². The molecule has 5 heteroatoms. The largest absolute Gasteiger partial charge is 0.433 e. The lowest BCUT2D eigenvalue weighted by molar-refractivity contribution is -0.402. The van der Waals surface area contributed by atoms with Gasteiger partial charge in [0.05, 0.1) is 12.6 Å². The number of hydrogen-bond donors (Lipinski definition) is 1. The fourth-order valence-corrected chi connectivity index (χ4v) is 1.45. The van der Waals surface area contributed by atoms with Gasteiger partial charge in [0.1, 0.15) is 10.7 Å². The third-order valence-electron chi connectivity index (χ3n) is 2.33. The topological polar surface area (TPSA) is 68.3 Å². The van der Waals surface area contributed by atoms with Crippen molar-refractivity contribution in [2.45, 2.75) is 39.2 Å². The van der Waals surface area contributed by atoms with Crippen molar-refractivity contribution in [1.29, 1.82) is 0 Å². The Morgan fingerprint density at radius 1 is 1.38 bits per heavy atom. The van der Waals surface area contributed by atoms with Gasteiger partial charge in [-0.2, -0.15) is 0 Å². The van der Waals surface area contributed by atoms with Gasteiger partial charge in [0.15, 0.2) is 0 Å². The summed E-state index contributed by atoms with van der Waals surface area (Å²) in [5, 5.41) is 13.6. The fourth-order valence-electron chi connectivity index (χ4n) is 1.45. The number of rotatable bonds is 8. The molecule has 5 nitrogen and oxygen atoms in total. The first-order valence-corrected chi connectivity index (χ1v) is 5.68. The SMILES string of the molecule is CCCCCCNCc1ccc([N+](=O)[O-])o1. The smallest absolute Gasteiger partial charge is 0.404 e. The number of hydrogen-bond acceptors (Lipinski definition) is 4. The van der Waals surface area contributed by atoms with E-state index < -0.39 is 4.92 Å². The van der Waals surface area contributed by atoms with Crippen molar-refractivity contribution >= 4 is 5.88 Å². The lowest BCUT2D eigenvalue weighted by atomic mass is 10.2. The molecule has 1 N–H and O–H groups in total. The molecule has 0 unspecified atom stereocenters. The van der Waals surface area contributed by atoms with E-state index in [1.165, 1.54) is 25.3 Å². The van der Waals surface area contributed by atoms with Crippen LogP contribution in [-0.4, -0.2) is 11.5 Å². The van der Waals surface area contributed by atoms with Gasteiger partial charge in [0.2, 0.25) is 0 Å². The Labute approximate surface area is 95.0 Å². The highest BCUT2D eigenvalue weighted by Crippen LogP contribution is 2.15. The summed E-state index contributed by atoms with van der Waals surface area (Å²) in [5.41, 5.74) is 0. The number of furan rings is 1. The molecule has 0 bridgehead atoms. The van der Waals surface area contributed by atoms with Gasteiger partial charge in [0, 0.05) is 0 Å². The highest BCUT2D eigenvalue weighted by Gasteiger charge is 2.10. The minimum Gasteiger partial charge on any atom is -0.404 e. The highest BCUT2D eigenvalue weighted by atomic mass is 16.6. The molecule has 1 heterocycles. The zero-order valence-electron chi connectivity index (χ0n) is 9.57. The maximum Gasteiger partial charge on any atom is 0.433 e. The summed E-state index contributed by atoms with van der Waals surface area (Å²) in [6.07, 6.45) is 4.84. The normalized spacial score (nSPS) is 10.6. The number of unbranched alkanes of at least 4 members (excludes halogenated alkanes) is 3. The van der Waals surface area contributed by atoms with Crippen LogP contribution < -0.4 is 5.32 Å². The Balaban J connectivity index is 2.14. The van der Waals surface area contributed by atoms with Gasteiger partial charge >= 0.3 is 5.88 Å². The van der Waals surface area contributed by atoms with Gasteiger partial charge in [-0.3, -0.25) is 10.1 Å². The van der Waals surface area contributed by atoms with E-state index in [4.69, 9.17) is 4.42 Å². The van der Waals surface area contributed by atoms with Crippen LogP contribution in [0.2, 0.25) is 0 Å². The molecule has 0 aromatic carbocycles. The van der Waals surface area contributed by atoms with Gasteiger partial charge in [-0.05, 0) is 19.0 Å².